The third kappa shape index (κ3) is 5.73. The van der Waals surface area contributed by atoms with Gasteiger partial charge in [0, 0.05) is 12.1 Å². The van der Waals surface area contributed by atoms with Gasteiger partial charge in [-0.2, -0.15) is 0 Å². The average Bonchev–Trinajstić information content (AvgIpc) is 2.74. The molecular weight excluding hydrogens is 364 g/mol. The van der Waals surface area contributed by atoms with E-state index in [0.717, 1.165) is 5.56 Å². The molecule has 0 heterocycles. The van der Waals surface area contributed by atoms with Crippen molar-refractivity contribution in [2.75, 3.05) is 27.9 Å². The molecule has 0 radical (unpaired) electrons. The Kier molecular flexibility index (Phi) is 7.83. The molecule has 0 bridgehead atoms. The van der Waals surface area contributed by atoms with E-state index in [1.54, 1.807) is 49.6 Å². The molecule has 0 fully saturated rings. The maximum absolute atomic E-state index is 11.8. The van der Waals surface area contributed by atoms with Crippen molar-refractivity contribution in [3.63, 3.8) is 0 Å². The normalized spacial score (nSPS) is 10.4. The van der Waals surface area contributed by atoms with Gasteiger partial charge < -0.3 is 24.4 Å². The van der Waals surface area contributed by atoms with Gasteiger partial charge in [-0.15, -0.1) is 0 Å². The number of benzene rings is 2. The topological polar surface area (TPSA) is 95.5 Å². The van der Waals surface area contributed by atoms with Gasteiger partial charge in [-0.25, -0.2) is 4.79 Å². The van der Waals surface area contributed by atoms with Crippen LogP contribution in [-0.2, 0) is 20.9 Å². The monoisotopic (exact) mass is 386 g/mol. The number of carbonyl (C=O) groups excluding carboxylic acids is 2. The van der Waals surface area contributed by atoms with Crippen molar-refractivity contribution in [1.82, 2.24) is 5.32 Å². The van der Waals surface area contributed by atoms with Crippen molar-refractivity contribution < 1.29 is 28.6 Å². The summed E-state index contributed by atoms with van der Waals surface area (Å²) in [5, 5.41) is 6.49. The second kappa shape index (κ2) is 10.6. The van der Waals surface area contributed by atoms with Gasteiger partial charge in [0.1, 0.15) is 0 Å². The molecule has 28 heavy (non-hydrogen) atoms. The van der Waals surface area contributed by atoms with Gasteiger partial charge in [0.15, 0.2) is 18.1 Å². The lowest BCUT2D eigenvalue weighted by molar-refractivity contribution is -0.125. The van der Waals surface area contributed by atoms with Crippen molar-refractivity contribution >= 4 is 18.1 Å². The number of hydrogen-bond acceptors (Lipinski definition) is 7. The molecule has 0 atom stereocenters. The number of hydrogen-bond donors (Lipinski definition) is 1. The Labute approximate surface area is 163 Å². The smallest absolute Gasteiger partial charge is 0.337 e. The SMILES string of the molecule is COC(=O)c1ccc(CNC(=O)CO/N=C\c2cccc(OC)c2OC)cc1. The van der Waals surface area contributed by atoms with Gasteiger partial charge in [-0.1, -0.05) is 23.4 Å². The van der Waals surface area contributed by atoms with E-state index in [1.165, 1.54) is 20.4 Å². The molecule has 2 rings (SSSR count). The van der Waals surface area contributed by atoms with Gasteiger partial charge in [0.05, 0.1) is 33.1 Å². The molecule has 0 spiro atoms. The van der Waals surface area contributed by atoms with Crippen LogP contribution in [0.5, 0.6) is 11.5 Å². The third-order valence-corrected chi connectivity index (χ3v) is 3.76. The minimum Gasteiger partial charge on any atom is -0.493 e. The minimum atomic E-state index is -0.408. The summed E-state index contributed by atoms with van der Waals surface area (Å²) in [5.74, 6) is 0.362. The van der Waals surface area contributed by atoms with Crippen LogP contribution in [0.4, 0.5) is 0 Å². The molecule has 1 N–H and O–H groups in total. The molecule has 0 unspecified atom stereocenters. The number of nitrogens with zero attached hydrogens (tertiary/aromatic N) is 1. The van der Waals surface area contributed by atoms with Crippen molar-refractivity contribution in [3.05, 3.63) is 59.2 Å². The van der Waals surface area contributed by atoms with Crippen LogP contribution in [0.1, 0.15) is 21.5 Å². The minimum absolute atomic E-state index is 0.233. The number of oxime groups is 1. The lowest BCUT2D eigenvalue weighted by Crippen LogP contribution is -2.26. The predicted molar refractivity (Wildman–Crippen MR) is 103 cm³/mol. The van der Waals surface area contributed by atoms with E-state index in [1.807, 2.05) is 0 Å². The van der Waals surface area contributed by atoms with Gasteiger partial charge in [-0.05, 0) is 29.8 Å². The molecule has 2 aromatic carbocycles. The number of para-hydroxylation sites is 1. The standard InChI is InChI=1S/C20H22N2O6/c1-25-17-6-4-5-16(19(17)26-2)12-22-28-13-18(23)21-11-14-7-9-15(10-8-14)20(24)27-3/h4-10,12H,11,13H2,1-3H3,(H,21,23)/b22-12-. The zero-order valence-corrected chi connectivity index (χ0v) is 15.9. The van der Waals surface area contributed by atoms with Crippen LogP contribution in [0, 0.1) is 0 Å². The lowest BCUT2D eigenvalue weighted by atomic mass is 10.1. The van der Waals surface area contributed by atoms with Gasteiger partial charge in [0.25, 0.3) is 5.91 Å². The third-order valence-electron chi connectivity index (χ3n) is 3.76. The molecule has 0 saturated heterocycles. The Morgan fingerprint density at radius 3 is 2.43 bits per heavy atom. The number of ether oxygens (including phenoxy) is 3. The van der Waals surface area contributed by atoms with Gasteiger partial charge in [-0.3, -0.25) is 4.79 Å². The van der Waals surface area contributed by atoms with Crippen LogP contribution >= 0.6 is 0 Å². The zero-order chi connectivity index (χ0) is 20.4. The Morgan fingerprint density at radius 2 is 1.79 bits per heavy atom. The number of amides is 1. The maximum Gasteiger partial charge on any atom is 0.337 e. The fourth-order valence-corrected chi connectivity index (χ4v) is 2.33. The van der Waals surface area contributed by atoms with Crippen LogP contribution in [0.25, 0.3) is 0 Å². The summed E-state index contributed by atoms with van der Waals surface area (Å²) in [6.07, 6.45) is 1.44. The van der Waals surface area contributed by atoms with Crippen LogP contribution in [0.2, 0.25) is 0 Å². The average molecular weight is 386 g/mol. The Morgan fingerprint density at radius 1 is 1.04 bits per heavy atom. The molecule has 0 aliphatic carbocycles. The van der Waals surface area contributed by atoms with Crippen molar-refractivity contribution in [2.45, 2.75) is 6.54 Å². The number of nitrogens with one attached hydrogen (secondary N) is 1. The number of carbonyl (C=O) groups is 2. The Hall–Kier alpha value is -3.55. The lowest BCUT2D eigenvalue weighted by Gasteiger charge is -2.09. The predicted octanol–water partition coefficient (Wildman–Crippen LogP) is 2.16. The molecule has 8 nitrogen and oxygen atoms in total. The van der Waals surface area contributed by atoms with E-state index in [-0.39, 0.29) is 12.5 Å². The first-order valence-corrected chi connectivity index (χ1v) is 8.39. The fourth-order valence-electron chi connectivity index (χ4n) is 2.33. The van der Waals surface area contributed by atoms with E-state index < -0.39 is 5.97 Å². The summed E-state index contributed by atoms with van der Waals surface area (Å²) >= 11 is 0. The summed E-state index contributed by atoms with van der Waals surface area (Å²) in [6.45, 7) is 0.0695. The second-order valence-electron chi connectivity index (χ2n) is 5.56. The van der Waals surface area contributed by atoms with E-state index >= 15 is 0 Å². The van der Waals surface area contributed by atoms with Crippen molar-refractivity contribution in [3.8, 4) is 11.5 Å². The van der Waals surface area contributed by atoms with Crippen LogP contribution in [0.15, 0.2) is 47.6 Å². The highest BCUT2D eigenvalue weighted by atomic mass is 16.6. The van der Waals surface area contributed by atoms with Gasteiger partial charge in [0.2, 0.25) is 0 Å². The maximum atomic E-state index is 11.8. The largest absolute Gasteiger partial charge is 0.493 e. The van der Waals surface area contributed by atoms with Crippen LogP contribution < -0.4 is 14.8 Å². The first-order valence-electron chi connectivity index (χ1n) is 8.39. The van der Waals surface area contributed by atoms with E-state index in [9.17, 15) is 9.59 Å². The zero-order valence-electron chi connectivity index (χ0n) is 15.9. The van der Waals surface area contributed by atoms with E-state index in [4.69, 9.17) is 14.3 Å². The summed E-state index contributed by atoms with van der Waals surface area (Å²) in [5.41, 5.74) is 1.95. The van der Waals surface area contributed by atoms with E-state index in [2.05, 4.69) is 15.2 Å². The second-order valence-corrected chi connectivity index (χ2v) is 5.56. The molecule has 0 aliphatic heterocycles. The highest BCUT2D eigenvalue weighted by Crippen LogP contribution is 2.29. The van der Waals surface area contributed by atoms with E-state index in [0.29, 0.717) is 29.2 Å². The molecule has 0 saturated carbocycles. The molecule has 0 aromatic heterocycles. The number of methoxy groups -OCH3 is 3. The summed E-state index contributed by atoms with van der Waals surface area (Å²) in [4.78, 5) is 28.2. The molecular formula is C20H22N2O6. The first kappa shape index (κ1) is 20.8. The number of esters is 1. The molecule has 0 aliphatic rings. The molecule has 1 amide bonds. The molecule has 8 heteroatoms. The molecule has 2 aromatic rings. The Bertz CT molecular complexity index is 833. The van der Waals surface area contributed by atoms with Crippen molar-refractivity contribution in [1.29, 1.82) is 0 Å². The number of rotatable bonds is 9. The highest BCUT2D eigenvalue weighted by molar-refractivity contribution is 5.89. The highest BCUT2D eigenvalue weighted by Gasteiger charge is 2.08. The van der Waals surface area contributed by atoms with Crippen LogP contribution in [-0.4, -0.2) is 46.0 Å². The first-order chi connectivity index (χ1) is 13.6. The quantitative estimate of drug-likeness (QED) is 0.403. The molecule has 148 valence electrons. The Balaban J connectivity index is 1.80. The summed E-state index contributed by atoms with van der Waals surface area (Å²) in [7, 11) is 4.40. The summed E-state index contributed by atoms with van der Waals surface area (Å²) in [6, 6.07) is 12.1. The van der Waals surface area contributed by atoms with Gasteiger partial charge >= 0.3 is 5.97 Å². The van der Waals surface area contributed by atoms with Crippen molar-refractivity contribution in [2.24, 2.45) is 5.16 Å². The summed E-state index contributed by atoms with van der Waals surface area (Å²) < 4.78 is 15.1. The van der Waals surface area contributed by atoms with Crippen LogP contribution in [0.3, 0.4) is 0 Å². The fraction of sp³-hybridized carbons (Fsp3) is 0.250.